The third-order valence-electron chi connectivity index (χ3n) is 2.62. The smallest absolute Gasteiger partial charge is 0.137 e. The molecule has 0 radical (unpaired) electrons. The first-order valence-electron chi connectivity index (χ1n) is 5.99. The Labute approximate surface area is 102 Å². The van der Waals surface area contributed by atoms with Crippen LogP contribution in [0.5, 0.6) is 0 Å². The number of rotatable bonds is 4. The van der Waals surface area contributed by atoms with E-state index >= 15 is 0 Å². The number of aromatic nitrogens is 2. The highest BCUT2D eigenvalue weighted by Gasteiger charge is 2.03. The second kappa shape index (κ2) is 5.15. The van der Waals surface area contributed by atoms with Crippen LogP contribution in [-0.4, -0.2) is 16.0 Å². The Kier molecular flexibility index (Phi) is 3.59. The largest absolute Gasteiger partial charge is 0.341 e. The van der Waals surface area contributed by atoms with Crippen LogP contribution in [0.3, 0.4) is 0 Å². The molecule has 17 heavy (non-hydrogen) atoms. The van der Waals surface area contributed by atoms with Crippen molar-refractivity contribution in [2.45, 2.75) is 33.4 Å². The molecular weight excluding hydrogens is 210 g/mol. The van der Waals surface area contributed by atoms with Gasteiger partial charge in [0.25, 0.3) is 0 Å². The van der Waals surface area contributed by atoms with Crippen molar-refractivity contribution in [3.8, 4) is 11.4 Å². The van der Waals surface area contributed by atoms with Crippen molar-refractivity contribution in [1.82, 2.24) is 15.3 Å². The van der Waals surface area contributed by atoms with Crippen LogP contribution in [0, 0.1) is 6.92 Å². The summed E-state index contributed by atoms with van der Waals surface area (Å²) in [5.41, 5.74) is 3.51. The highest BCUT2D eigenvalue weighted by molar-refractivity contribution is 5.56. The lowest BCUT2D eigenvalue weighted by molar-refractivity contribution is 0.583. The predicted molar refractivity (Wildman–Crippen MR) is 70.7 cm³/mol. The van der Waals surface area contributed by atoms with E-state index < -0.39 is 0 Å². The fraction of sp³-hybridized carbons (Fsp3) is 0.357. The van der Waals surface area contributed by atoms with E-state index in [0.717, 1.165) is 23.6 Å². The lowest BCUT2D eigenvalue weighted by Crippen LogP contribution is -2.21. The topological polar surface area (TPSA) is 40.7 Å². The summed E-state index contributed by atoms with van der Waals surface area (Å²) < 4.78 is 0. The van der Waals surface area contributed by atoms with Gasteiger partial charge in [0, 0.05) is 30.0 Å². The number of H-pyrrole nitrogens is 1. The standard InChI is InChI=1S/C14H19N3/c1-10(2)15-8-13-9-16-14(17-13)12-6-4-5-11(3)7-12/h4-7,9-10,15H,8H2,1-3H3,(H,16,17). The van der Waals surface area contributed by atoms with Gasteiger partial charge in [0.15, 0.2) is 0 Å². The van der Waals surface area contributed by atoms with Gasteiger partial charge in [0.05, 0.1) is 0 Å². The van der Waals surface area contributed by atoms with E-state index in [9.17, 15) is 0 Å². The molecule has 1 aromatic heterocycles. The zero-order valence-electron chi connectivity index (χ0n) is 10.6. The summed E-state index contributed by atoms with van der Waals surface area (Å²) in [7, 11) is 0. The van der Waals surface area contributed by atoms with Crippen molar-refractivity contribution in [1.29, 1.82) is 0 Å². The van der Waals surface area contributed by atoms with E-state index in [1.165, 1.54) is 5.56 Å². The van der Waals surface area contributed by atoms with Gasteiger partial charge < -0.3 is 10.3 Å². The van der Waals surface area contributed by atoms with Gasteiger partial charge in [0.1, 0.15) is 5.82 Å². The minimum Gasteiger partial charge on any atom is -0.341 e. The molecule has 3 heteroatoms. The van der Waals surface area contributed by atoms with Gasteiger partial charge in [-0.05, 0) is 13.0 Å². The summed E-state index contributed by atoms with van der Waals surface area (Å²) >= 11 is 0. The van der Waals surface area contributed by atoms with Crippen molar-refractivity contribution >= 4 is 0 Å². The summed E-state index contributed by atoms with van der Waals surface area (Å²) in [6.07, 6.45) is 1.90. The molecule has 0 atom stereocenters. The second-order valence-electron chi connectivity index (χ2n) is 4.66. The normalized spacial score (nSPS) is 11.1. The van der Waals surface area contributed by atoms with Gasteiger partial charge >= 0.3 is 0 Å². The van der Waals surface area contributed by atoms with Crippen molar-refractivity contribution in [2.24, 2.45) is 0 Å². The fourth-order valence-corrected chi connectivity index (χ4v) is 1.70. The number of nitrogens with zero attached hydrogens (tertiary/aromatic N) is 1. The van der Waals surface area contributed by atoms with Crippen molar-refractivity contribution in [2.75, 3.05) is 0 Å². The molecule has 0 aliphatic carbocycles. The minimum atomic E-state index is 0.487. The van der Waals surface area contributed by atoms with Crippen molar-refractivity contribution in [3.05, 3.63) is 41.7 Å². The molecule has 0 bridgehead atoms. The Balaban J connectivity index is 2.12. The van der Waals surface area contributed by atoms with Gasteiger partial charge in [-0.1, -0.05) is 37.6 Å². The highest BCUT2D eigenvalue weighted by Crippen LogP contribution is 2.16. The second-order valence-corrected chi connectivity index (χ2v) is 4.66. The Bertz CT molecular complexity index is 486. The van der Waals surface area contributed by atoms with E-state index in [1.807, 2.05) is 6.20 Å². The maximum absolute atomic E-state index is 4.41. The third-order valence-corrected chi connectivity index (χ3v) is 2.62. The average molecular weight is 229 g/mol. The number of benzene rings is 1. The van der Waals surface area contributed by atoms with Crippen LogP contribution in [0.25, 0.3) is 11.4 Å². The number of hydrogen-bond donors (Lipinski definition) is 2. The van der Waals surface area contributed by atoms with Crippen LogP contribution in [-0.2, 0) is 6.54 Å². The third kappa shape index (κ3) is 3.17. The zero-order chi connectivity index (χ0) is 12.3. The maximum Gasteiger partial charge on any atom is 0.137 e. The lowest BCUT2D eigenvalue weighted by atomic mass is 10.1. The van der Waals surface area contributed by atoms with Gasteiger partial charge in [-0.25, -0.2) is 4.98 Å². The molecule has 0 spiro atoms. The molecule has 1 heterocycles. The van der Waals surface area contributed by atoms with E-state index in [-0.39, 0.29) is 0 Å². The zero-order valence-corrected chi connectivity index (χ0v) is 10.6. The molecule has 2 aromatic rings. The minimum absolute atomic E-state index is 0.487. The number of aromatic amines is 1. The van der Waals surface area contributed by atoms with Crippen LogP contribution < -0.4 is 5.32 Å². The molecule has 1 aromatic carbocycles. The molecule has 0 amide bonds. The van der Waals surface area contributed by atoms with Gasteiger partial charge in [-0.15, -0.1) is 0 Å². The number of aryl methyl sites for hydroxylation is 1. The van der Waals surface area contributed by atoms with E-state index in [1.54, 1.807) is 0 Å². The van der Waals surface area contributed by atoms with Crippen LogP contribution in [0.15, 0.2) is 30.5 Å². The average Bonchev–Trinajstić information content (AvgIpc) is 2.75. The first-order valence-corrected chi connectivity index (χ1v) is 5.99. The Hall–Kier alpha value is -1.61. The number of nitrogens with one attached hydrogen (secondary N) is 2. The summed E-state index contributed by atoms with van der Waals surface area (Å²) in [6, 6.07) is 8.84. The Morgan fingerprint density at radius 3 is 2.88 bits per heavy atom. The molecular formula is C14H19N3. The molecule has 90 valence electrons. The summed E-state index contributed by atoms with van der Waals surface area (Å²) in [5, 5.41) is 3.37. The Morgan fingerprint density at radius 1 is 1.35 bits per heavy atom. The quantitative estimate of drug-likeness (QED) is 0.846. The van der Waals surface area contributed by atoms with Gasteiger partial charge in [-0.3, -0.25) is 0 Å². The van der Waals surface area contributed by atoms with Crippen molar-refractivity contribution in [3.63, 3.8) is 0 Å². The summed E-state index contributed by atoms with van der Waals surface area (Å²) in [6.45, 7) is 7.19. The molecule has 2 N–H and O–H groups in total. The molecule has 0 aliphatic heterocycles. The summed E-state index contributed by atoms with van der Waals surface area (Å²) in [4.78, 5) is 7.75. The van der Waals surface area contributed by atoms with E-state index in [2.05, 4.69) is 60.3 Å². The SMILES string of the molecule is Cc1cccc(-c2ncc(CNC(C)C)[nH]2)c1. The van der Waals surface area contributed by atoms with E-state index in [0.29, 0.717) is 6.04 Å². The number of hydrogen-bond acceptors (Lipinski definition) is 2. The maximum atomic E-state index is 4.41. The molecule has 0 unspecified atom stereocenters. The first-order chi connectivity index (χ1) is 8.15. The van der Waals surface area contributed by atoms with E-state index in [4.69, 9.17) is 0 Å². The lowest BCUT2D eigenvalue weighted by Gasteiger charge is -2.05. The number of imidazole rings is 1. The first kappa shape index (κ1) is 11.9. The fourth-order valence-electron chi connectivity index (χ4n) is 1.70. The molecule has 3 nitrogen and oxygen atoms in total. The monoisotopic (exact) mass is 229 g/mol. The molecule has 2 rings (SSSR count). The molecule has 0 saturated carbocycles. The molecule has 0 aliphatic rings. The van der Waals surface area contributed by atoms with Gasteiger partial charge in [0.2, 0.25) is 0 Å². The molecule has 0 fully saturated rings. The van der Waals surface area contributed by atoms with Crippen molar-refractivity contribution < 1.29 is 0 Å². The Morgan fingerprint density at radius 2 is 2.18 bits per heavy atom. The van der Waals surface area contributed by atoms with Crippen LogP contribution in [0.4, 0.5) is 0 Å². The predicted octanol–water partition coefficient (Wildman–Crippen LogP) is 2.88. The summed E-state index contributed by atoms with van der Waals surface area (Å²) in [5.74, 6) is 0.939. The van der Waals surface area contributed by atoms with Gasteiger partial charge in [-0.2, -0.15) is 0 Å². The molecule has 0 saturated heterocycles. The van der Waals surface area contributed by atoms with Crippen LogP contribution in [0.2, 0.25) is 0 Å². The van der Waals surface area contributed by atoms with Crippen LogP contribution in [0.1, 0.15) is 25.1 Å². The van der Waals surface area contributed by atoms with Crippen LogP contribution >= 0.6 is 0 Å². The highest BCUT2D eigenvalue weighted by atomic mass is 15.0.